The minimum absolute atomic E-state index is 0.130. The first-order valence-corrected chi connectivity index (χ1v) is 30.3. The van der Waals surface area contributed by atoms with Crippen molar-refractivity contribution in [2.45, 2.75) is 268 Å². The lowest BCUT2D eigenvalue weighted by Gasteiger charge is -2.64. The van der Waals surface area contributed by atoms with Gasteiger partial charge in [0.2, 0.25) is 6.29 Å². The highest BCUT2D eigenvalue weighted by Gasteiger charge is 2.70. The van der Waals surface area contributed by atoms with Gasteiger partial charge in [0, 0.05) is 0 Å². The van der Waals surface area contributed by atoms with Crippen LogP contribution in [0.5, 0.6) is 0 Å². The highest BCUT2D eigenvalue weighted by molar-refractivity contribution is 5.77. The van der Waals surface area contributed by atoms with E-state index in [1.54, 1.807) is 6.92 Å². The summed E-state index contributed by atoms with van der Waals surface area (Å²) in [5, 5.41) is 205. The molecule has 88 heavy (non-hydrogen) atoms. The fraction of sp³-hybridized carbons (Fsp3) is 0.946. The van der Waals surface area contributed by atoms with Gasteiger partial charge >= 0.3 is 5.97 Å². The Balaban J connectivity index is 0.919. The number of hydrogen-bond acceptors (Lipinski definition) is 32. The second kappa shape index (κ2) is 26.7. The van der Waals surface area contributed by atoms with Gasteiger partial charge in [0.05, 0.1) is 50.2 Å². The Morgan fingerprint density at radius 1 is 0.455 bits per heavy atom. The second-order valence-electron chi connectivity index (χ2n) is 26.4. The van der Waals surface area contributed by atoms with Crippen LogP contribution >= 0.6 is 0 Å². The van der Waals surface area contributed by atoms with Crippen molar-refractivity contribution in [2.24, 2.45) is 28.1 Å². The molecular formula is C56H90O32. The van der Waals surface area contributed by atoms with Gasteiger partial charge in [0.15, 0.2) is 37.6 Å². The van der Waals surface area contributed by atoms with Crippen LogP contribution in [0, 0.1) is 28.1 Å². The van der Waals surface area contributed by atoms with Crippen LogP contribution in [0.2, 0.25) is 0 Å². The Hall–Kier alpha value is -1.99. The van der Waals surface area contributed by atoms with Crippen LogP contribution in [0.4, 0.5) is 0 Å². The Morgan fingerprint density at radius 2 is 0.841 bits per heavy atom. The van der Waals surface area contributed by atoms with Crippen LogP contribution in [0.25, 0.3) is 0 Å². The molecule has 10 fully saturated rings. The summed E-state index contributed by atoms with van der Waals surface area (Å²) in [5.74, 6) is -1.38. The lowest BCUT2D eigenvalue weighted by Crippen LogP contribution is -2.68. The van der Waals surface area contributed by atoms with E-state index in [-0.39, 0.29) is 18.8 Å². The normalized spacial score (nSPS) is 55.0. The van der Waals surface area contributed by atoms with Crippen LogP contribution in [-0.4, -0.2) is 326 Å². The third-order valence-electron chi connectivity index (χ3n) is 21.3. The summed E-state index contributed by atoms with van der Waals surface area (Å²) in [6.45, 7) is 5.42. The number of hydrogen-bond donors (Lipinski definition) is 19. The first kappa shape index (κ1) is 68.9. The van der Waals surface area contributed by atoms with E-state index in [2.05, 4.69) is 13.5 Å². The molecule has 10 aliphatic rings. The Morgan fingerprint density at radius 3 is 1.31 bits per heavy atom. The number of carbonyl (C=O) groups is 1. The summed E-state index contributed by atoms with van der Waals surface area (Å²) in [4.78, 5) is 15.4. The van der Waals surface area contributed by atoms with Gasteiger partial charge in [-0.2, -0.15) is 0 Å². The quantitative estimate of drug-likeness (QED) is 0.0365. The molecule has 6 aliphatic heterocycles. The van der Waals surface area contributed by atoms with Crippen LogP contribution in [-0.2, 0) is 61.6 Å². The highest BCUT2D eigenvalue weighted by Crippen LogP contribution is 2.74. The lowest BCUT2D eigenvalue weighted by molar-refractivity contribution is -0.398. The molecule has 10 rings (SSSR count). The summed E-state index contributed by atoms with van der Waals surface area (Å²) >= 11 is 0. The molecule has 1 spiro atoms. The van der Waals surface area contributed by atoms with Gasteiger partial charge in [-0.05, 0) is 93.5 Å². The molecular weight excluding hydrogens is 1180 g/mol. The Kier molecular flexibility index (Phi) is 20.9. The lowest BCUT2D eigenvalue weighted by atomic mass is 9.41. The van der Waals surface area contributed by atoms with E-state index in [1.807, 2.05) is 0 Å². The maximum Gasteiger partial charge on any atom is 0.314 e. The van der Waals surface area contributed by atoms with Gasteiger partial charge in [-0.3, -0.25) is 4.79 Å². The van der Waals surface area contributed by atoms with Gasteiger partial charge < -0.3 is 154 Å². The zero-order chi connectivity index (χ0) is 64.0. The maximum absolute atomic E-state index is 15.4. The Labute approximate surface area is 505 Å². The number of ether oxygens (including phenoxy) is 12. The van der Waals surface area contributed by atoms with Crippen molar-refractivity contribution in [3.8, 4) is 0 Å². The molecule has 2 bridgehead atoms. The monoisotopic (exact) mass is 1270 g/mol. The molecule has 19 N–H and O–H groups in total. The predicted octanol–water partition coefficient (Wildman–Crippen LogP) is -8.44. The zero-order valence-electron chi connectivity index (χ0n) is 48.9. The molecule has 0 aromatic carbocycles. The van der Waals surface area contributed by atoms with Crippen LogP contribution in [0.3, 0.4) is 0 Å². The number of esters is 1. The van der Waals surface area contributed by atoms with Crippen LogP contribution in [0.1, 0.15) is 78.6 Å². The van der Waals surface area contributed by atoms with E-state index >= 15 is 4.79 Å². The molecule has 4 saturated carbocycles. The van der Waals surface area contributed by atoms with Gasteiger partial charge in [-0.1, -0.05) is 19.9 Å². The largest absolute Gasteiger partial charge is 0.432 e. The van der Waals surface area contributed by atoms with Crippen LogP contribution in [0.15, 0.2) is 12.2 Å². The molecule has 4 aliphatic carbocycles. The summed E-state index contributed by atoms with van der Waals surface area (Å²) in [7, 11) is 0. The molecule has 506 valence electrons. The fourth-order valence-electron chi connectivity index (χ4n) is 16.4. The van der Waals surface area contributed by atoms with Crippen molar-refractivity contribution in [3.05, 3.63) is 12.2 Å². The topological polar surface area (TPSA) is 512 Å². The number of carbonyl (C=O) groups excluding carboxylic acids is 1. The van der Waals surface area contributed by atoms with Crippen molar-refractivity contribution < 1.29 is 159 Å². The van der Waals surface area contributed by atoms with E-state index < -0.39 is 251 Å². The second-order valence-corrected chi connectivity index (χ2v) is 26.4. The van der Waals surface area contributed by atoms with E-state index in [9.17, 15) is 97.0 Å². The molecule has 0 radical (unpaired) electrons. The summed E-state index contributed by atoms with van der Waals surface area (Å²) < 4.78 is 73.2. The SMILES string of the molecule is C=C1C[C@@]23CCC4[C@](C)(C(=O)O[C@@H]5OC(CO)[C@@H](O)C(O[C@@H]6OC(CO)[C@@H](O)C(O)[C@@H]6O)[C@@H]5O[C@@H]5OC(CO)[C@@H](O)C(O)C5O)CCC[C@@]4(C)[C@@H]2CCC1(O[C@@H]1OC(CO)[C@@H](O)C(O[C@@H]2OC(CO)[C@@H](O)C(O)[C@@H]2O)[C@@H]1O[C@@H]1OC(C)[C@H](O)C(O)[C@@H]1O)C3. The van der Waals surface area contributed by atoms with E-state index in [4.69, 9.17) is 56.8 Å². The molecule has 32 heteroatoms. The summed E-state index contributed by atoms with van der Waals surface area (Å²) in [6.07, 6.45) is -50.1. The minimum Gasteiger partial charge on any atom is -0.432 e. The number of aliphatic hydroxyl groups is 19. The third kappa shape index (κ3) is 12.0. The van der Waals surface area contributed by atoms with Gasteiger partial charge in [0.25, 0.3) is 0 Å². The van der Waals surface area contributed by atoms with Crippen molar-refractivity contribution in [1.29, 1.82) is 0 Å². The molecule has 0 aromatic heterocycles. The van der Waals surface area contributed by atoms with Gasteiger partial charge in [-0.25, -0.2) is 0 Å². The first-order valence-electron chi connectivity index (χ1n) is 30.3. The van der Waals surface area contributed by atoms with Crippen molar-refractivity contribution in [3.63, 3.8) is 0 Å². The highest BCUT2D eigenvalue weighted by atomic mass is 16.8. The van der Waals surface area contributed by atoms with Crippen molar-refractivity contribution >= 4 is 5.97 Å². The minimum atomic E-state index is -2.07. The predicted molar refractivity (Wildman–Crippen MR) is 283 cm³/mol. The number of fused-ring (bicyclic) bond motifs is 3. The third-order valence-corrected chi connectivity index (χ3v) is 21.3. The molecule has 6 heterocycles. The molecule has 32 nitrogen and oxygen atoms in total. The van der Waals surface area contributed by atoms with Crippen molar-refractivity contribution in [1.82, 2.24) is 0 Å². The molecule has 15 unspecified atom stereocenters. The molecule has 6 saturated heterocycles. The smallest absolute Gasteiger partial charge is 0.314 e. The molecule has 0 aromatic rings. The average Bonchev–Trinajstić information content (AvgIpc) is 0.951. The van der Waals surface area contributed by atoms with E-state index in [1.165, 1.54) is 6.92 Å². The average molecular weight is 1280 g/mol. The van der Waals surface area contributed by atoms with E-state index in [0.717, 1.165) is 0 Å². The fourth-order valence-corrected chi connectivity index (χ4v) is 16.4. The standard InChI is InChI=1S/C56H90O32/c1-19-12-55-10-6-26-53(3,27(55)7-11-56(19,18-55)88-51-45(86-46-38(72)34(68)28(62)20(2)77-46)43(33(67)25(17-61)82-51)84-48-40(74)36(70)30(64)22(14-58)79-48)8-5-9-54(26,4)52(76)87-50-44(85-49-41(75)37(71)31(65)23(15-59)80-49)42(32(66)24(16-60)81-50)83-47-39(73)35(69)29(63)21(13-57)78-47/h20-51,57-75H,1,5-18H2,2-4H3/t20?,21?,22?,23?,24?,25?,26?,27-,28-,29+,30+,31+,32+,33+,34?,35?,36?,37?,38-,39-,40-,41?,42?,43?,44-,45-,46-,47-,48-,49-,50-,51-,53+,54+,55+,56?/m0/s1. The maximum atomic E-state index is 15.4. The Bertz CT molecular complexity index is 2380. The van der Waals surface area contributed by atoms with Crippen LogP contribution < -0.4 is 0 Å². The number of rotatable bonds is 17. The summed E-state index contributed by atoms with van der Waals surface area (Å²) in [6, 6.07) is 0. The van der Waals surface area contributed by atoms with Gasteiger partial charge in [0.1, 0.15) is 134 Å². The van der Waals surface area contributed by atoms with Gasteiger partial charge in [-0.15, -0.1) is 0 Å². The first-order chi connectivity index (χ1) is 41.6. The molecule has 36 atom stereocenters. The van der Waals surface area contributed by atoms with E-state index in [0.29, 0.717) is 50.5 Å². The van der Waals surface area contributed by atoms with Crippen molar-refractivity contribution in [2.75, 3.05) is 33.0 Å². The summed E-state index contributed by atoms with van der Waals surface area (Å²) in [5.41, 5.74) is -3.10. The zero-order valence-corrected chi connectivity index (χ0v) is 48.9. The molecule has 0 amide bonds. The number of aliphatic hydroxyl groups excluding tert-OH is 19.